The number of benzene rings is 1. The zero-order valence-corrected chi connectivity index (χ0v) is 20.7. The van der Waals surface area contributed by atoms with Crippen LogP contribution in [0, 0.1) is 11.8 Å². The van der Waals surface area contributed by atoms with Gasteiger partial charge in [0.15, 0.2) is 0 Å². The number of nitrogens with zero attached hydrogens (tertiary/aromatic N) is 5. The van der Waals surface area contributed by atoms with Crippen molar-refractivity contribution in [2.45, 2.75) is 44.9 Å². The maximum Gasteiger partial charge on any atom is 0.258 e. The lowest BCUT2D eigenvalue weighted by atomic mass is 9.85. The highest BCUT2D eigenvalue weighted by Gasteiger charge is 2.57. The number of aromatic nitrogens is 3. The Morgan fingerprint density at radius 1 is 1.08 bits per heavy atom. The molecule has 6 rings (SSSR count). The fraction of sp³-hybridized carbons (Fsp3) is 0.393. The summed E-state index contributed by atoms with van der Waals surface area (Å²) in [5.74, 6) is -1.24. The minimum absolute atomic E-state index is 0.0728. The van der Waals surface area contributed by atoms with Gasteiger partial charge in [-0.25, -0.2) is 9.97 Å². The van der Waals surface area contributed by atoms with Gasteiger partial charge in [-0.2, -0.15) is 0 Å². The van der Waals surface area contributed by atoms with E-state index in [4.69, 9.17) is 0 Å². The predicted octanol–water partition coefficient (Wildman–Crippen LogP) is 1.79. The summed E-state index contributed by atoms with van der Waals surface area (Å²) in [6.07, 6.45) is 5.65. The molecule has 2 amide bonds. The molecule has 37 heavy (non-hydrogen) atoms. The molecule has 190 valence electrons. The number of amides is 2. The summed E-state index contributed by atoms with van der Waals surface area (Å²) in [4.78, 5) is 52.7. The molecule has 3 aliphatic heterocycles. The van der Waals surface area contributed by atoms with Crippen LogP contribution in [-0.2, 0) is 29.1 Å². The van der Waals surface area contributed by atoms with Gasteiger partial charge in [0, 0.05) is 62.2 Å². The Kier molecular flexibility index (Phi) is 5.87. The number of carbonyl (C=O) groups excluding carboxylic acids is 2. The van der Waals surface area contributed by atoms with E-state index in [1.54, 1.807) is 34.9 Å². The van der Waals surface area contributed by atoms with E-state index in [1.165, 1.54) is 11.9 Å². The molecule has 1 N–H and O–H groups in total. The topological polar surface area (TPSA) is 109 Å². The minimum Gasteiger partial charge on any atom is -0.396 e. The van der Waals surface area contributed by atoms with Crippen LogP contribution in [0.4, 0.5) is 0 Å². The van der Waals surface area contributed by atoms with Gasteiger partial charge < -0.3 is 19.5 Å². The van der Waals surface area contributed by atoms with Crippen LogP contribution < -0.4 is 5.56 Å². The summed E-state index contributed by atoms with van der Waals surface area (Å²) in [5, 5.41) is 10.5. The van der Waals surface area contributed by atoms with Gasteiger partial charge in [0.05, 0.1) is 23.6 Å². The normalized spacial score (nSPS) is 23.9. The molecule has 0 radical (unpaired) electrons. The van der Waals surface area contributed by atoms with Crippen LogP contribution in [0.15, 0.2) is 59.9 Å². The Morgan fingerprint density at radius 3 is 2.57 bits per heavy atom. The number of aliphatic hydroxyl groups excluding tert-OH is 1. The third-order valence-electron chi connectivity index (χ3n) is 8.23. The van der Waals surface area contributed by atoms with Crippen molar-refractivity contribution in [1.82, 2.24) is 24.3 Å². The lowest BCUT2D eigenvalue weighted by molar-refractivity contribution is -0.140. The molecular formula is C28H29N5O4. The van der Waals surface area contributed by atoms with Gasteiger partial charge >= 0.3 is 0 Å². The summed E-state index contributed by atoms with van der Waals surface area (Å²) < 4.78 is 1.68. The zero-order chi connectivity index (χ0) is 25.7. The zero-order valence-electron chi connectivity index (χ0n) is 20.7. The number of aliphatic hydroxyl groups is 1. The van der Waals surface area contributed by atoms with Crippen molar-refractivity contribution >= 4 is 11.8 Å². The molecule has 3 aliphatic rings. The van der Waals surface area contributed by atoms with E-state index in [0.717, 1.165) is 12.0 Å². The van der Waals surface area contributed by atoms with Crippen LogP contribution in [0.3, 0.4) is 0 Å². The van der Waals surface area contributed by atoms with Crippen molar-refractivity contribution in [3.8, 4) is 11.1 Å². The van der Waals surface area contributed by atoms with Crippen molar-refractivity contribution in [2.75, 3.05) is 13.2 Å². The van der Waals surface area contributed by atoms with Crippen LogP contribution in [0.1, 0.15) is 36.2 Å². The summed E-state index contributed by atoms with van der Waals surface area (Å²) >= 11 is 0. The third kappa shape index (κ3) is 3.68. The number of hydrogen-bond acceptors (Lipinski definition) is 6. The molecule has 1 aromatic carbocycles. The van der Waals surface area contributed by atoms with Crippen molar-refractivity contribution in [3.63, 3.8) is 0 Å². The Hall–Kier alpha value is -3.85. The van der Waals surface area contributed by atoms with Gasteiger partial charge in [-0.05, 0) is 29.7 Å². The first-order chi connectivity index (χ1) is 18.0. The first-order valence-electron chi connectivity index (χ1n) is 12.8. The molecule has 0 spiro atoms. The van der Waals surface area contributed by atoms with Gasteiger partial charge in [0.2, 0.25) is 11.8 Å². The number of hydrogen-bond donors (Lipinski definition) is 1. The average Bonchev–Trinajstić information content (AvgIpc) is 3.19. The molecule has 9 heteroatoms. The summed E-state index contributed by atoms with van der Waals surface area (Å²) in [5.41, 5.74) is 3.87. The highest BCUT2D eigenvalue weighted by Crippen LogP contribution is 2.49. The SMILES string of the molecule is CCC(=O)N1[C@@H]2c3ccc(-c4cncnc4)c(=O)n3C[C@H]1[C@H](CO)[C@H]2C(=O)N1CCc2ccccc2C1. The van der Waals surface area contributed by atoms with E-state index < -0.39 is 23.9 Å². The maximum atomic E-state index is 14.1. The molecule has 0 saturated carbocycles. The fourth-order valence-electron chi connectivity index (χ4n) is 6.46. The molecule has 2 aromatic heterocycles. The Balaban J connectivity index is 1.43. The van der Waals surface area contributed by atoms with E-state index in [-0.39, 0.29) is 36.9 Å². The molecule has 3 aromatic rings. The molecule has 0 unspecified atom stereocenters. The predicted molar refractivity (Wildman–Crippen MR) is 135 cm³/mol. The van der Waals surface area contributed by atoms with Crippen molar-refractivity contribution in [1.29, 1.82) is 0 Å². The first-order valence-corrected chi connectivity index (χ1v) is 12.8. The van der Waals surface area contributed by atoms with Crippen LogP contribution >= 0.6 is 0 Å². The summed E-state index contributed by atoms with van der Waals surface area (Å²) in [6.45, 7) is 2.88. The summed E-state index contributed by atoms with van der Waals surface area (Å²) in [7, 11) is 0. The summed E-state index contributed by atoms with van der Waals surface area (Å²) in [6, 6.07) is 10.6. The number of fused-ring (bicyclic) bond motifs is 5. The molecule has 1 saturated heterocycles. The lowest BCUT2D eigenvalue weighted by Gasteiger charge is -2.39. The quantitative estimate of drug-likeness (QED) is 0.586. The molecule has 0 aliphatic carbocycles. The third-order valence-corrected chi connectivity index (χ3v) is 8.23. The molecule has 4 atom stereocenters. The minimum atomic E-state index is -0.630. The van der Waals surface area contributed by atoms with Crippen LogP contribution in [-0.4, -0.2) is 60.4 Å². The number of carbonyl (C=O) groups is 2. The second-order valence-corrected chi connectivity index (χ2v) is 10.0. The first kappa shape index (κ1) is 23.5. The van der Waals surface area contributed by atoms with Gasteiger partial charge in [0.1, 0.15) is 6.33 Å². The van der Waals surface area contributed by atoms with Gasteiger partial charge in [-0.3, -0.25) is 14.4 Å². The lowest BCUT2D eigenvalue weighted by Crippen LogP contribution is -2.49. The monoisotopic (exact) mass is 499 g/mol. The van der Waals surface area contributed by atoms with E-state index in [0.29, 0.717) is 29.9 Å². The van der Waals surface area contributed by atoms with Crippen LogP contribution in [0.5, 0.6) is 0 Å². The standard InChI is InChI=1S/C28H29N5O4/c1-2-24(35)33-23-14-32-22(8-7-20(27(32)36)19-11-29-16-30-12-19)26(33)25(21(23)15-34)28(37)31-10-9-17-5-3-4-6-18(17)13-31/h3-8,11-12,16,21,23,25-26,34H,2,9-10,13-15H2,1H3/t21-,23-,25+,26+/m0/s1. The number of pyridine rings is 1. The molecular weight excluding hydrogens is 470 g/mol. The van der Waals surface area contributed by atoms with Gasteiger partial charge in [-0.15, -0.1) is 0 Å². The second-order valence-electron chi connectivity index (χ2n) is 10.0. The van der Waals surface area contributed by atoms with E-state index in [2.05, 4.69) is 16.0 Å². The molecule has 1 fully saturated rings. The van der Waals surface area contributed by atoms with Crippen molar-refractivity contribution < 1.29 is 14.7 Å². The van der Waals surface area contributed by atoms with E-state index in [9.17, 15) is 19.5 Å². The average molecular weight is 500 g/mol. The molecule has 5 heterocycles. The Morgan fingerprint density at radius 2 is 1.84 bits per heavy atom. The van der Waals surface area contributed by atoms with Gasteiger partial charge in [-0.1, -0.05) is 31.2 Å². The van der Waals surface area contributed by atoms with E-state index in [1.807, 2.05) is 29.2 Å². The number of rotatable bonds is 4. The smallest absolute Gasteiger partial charge is 0.258 e. The molecule has 2 bridgehead atoms. The van der Waals surface area contributed by atoms with E-state index >= 15 is 0 Å². The second kappa shape index (κ2) is 9.23. The highest BCUT2D eigenvalue weighted by molar-refractivity contribution is 5.84. The fourth-order valence-corrected chi connectivity index (χ4v) is 6.46. The van der Waals surface area contributed by atoms with Crippen LogP contribution in [0.25, 0.3) is 11.1 Å². The van der Waals surface area contributed by atoms with Crippen LogP contribution in [0.2, 0.25) is 0 Å². The van der Waals surface area contributed by atoms with Gasteiger partial charge in [0.25, 0.3) is 5.56 Å². The molecule has 9 nitrogen and oxygen atoms in total. The van der Waals surface area contributed by atoms with Crippen molar-refractivity contribution in [2.24, 2.45) is 11.8 Å². The van der Waals surface area contributed by atoms with Crippen molar-refractivity contribution in [3.05, 3.63) is 82.3 Å². The Bertz CT molecular complexity index is 1420. The Labute approximate surface area is 214 Å². The maximum absolute atomic E-state index is 14.1. The highest BCUT2D eigenvalue weighted by atomic mass is 16.3. The largest absolute Gasteiger partial charge is 0.396 e.